The van der Waals surface area contributed by atoms with E-state index in [1.807, 2.05) is 12.1 Å². The molecule has 4 saturated heterocycles. The van der Waals surface area contributed by atoms with Gasteiger partial charge < -0.3 is 19.9 Å². The van der Waals surface area contributed by atoms with E-state index in [2.05, 4.69) is 68.3 Å². The molecule has 7 nitrogen and oxygen atoms in total. The molecule has 0 saturated carbocycles. The van der Waals surface area contributed by atoms with Gasteiger partial charge in [-0.15, -0.1) is 0 Å². The van der Waals surface area contributed by atoms with Crippen molar-refractivity contribution < 1.29 is 4.74 Å². The zero-order chi connectivity index (χ0) is 23.5. The first kappa shape index (κ1) is 21.0. The molecule has 2 aromatic carbocycles. The number of nitrogens with one attached hydrogen (secondary N) is 1. The van der Waals surface area contributed by atoms with E-state index in [0.29, 0.717) is 36.3 Å². The number of nitrogens with zero attached hydrogens (tertiary/aromatic N) is 5. The lowest BCUT2D eigenvalue weighted by molar-refractivity contribution is 0.0892. The Labute approximate surface area is 205 Å². The molecule has 3 aromatic rings. The van der Waals surface area contributed by atoms with E-state index >= 15 is 0 Å². The van der Waals surface area contributed by atoms with E-state index in [1.165, 1.54) is 17.7 Å². The van der Waals surface area contributed by atoms with Gasteiger partial charge in [0.1, 0.15) is 18.4 Å². The van der Waals surface area contributed by atoms with E-state index < -0.39 is 0 Å². The van der Waals surface area contributed by atoms with Crippen LogP contribution in [0.15, 0.2) is 48.7 Å². The van der Waals surface area contributed by atoms with Gasteiger partial charge in [-0.25, -0.2) is 0 Å². The standard InChI is InChI=1S/C28H30N6O/c1-18-12-33(26-7-5-19(11-29)28-25(26)3-2-8-30-28)16-24-17-35-27-10-23(6-4-20(27)13-34(18)24)32-14-21-9-22(15-32)31-21/h2-8,10,18,21-22,24,31H,9,12-17H2,1H3/t18-,21?,22?,24-/m1/s1. The summed E-state index contributed by atoms with van der Waals surface area (Å²) in [6.45, 7) is 7.91. The number of piperidine rings is 1. The molecular weight excluding hydrogens is 436 g/mol. The molecule has 4 atom stereocenters. The van der Waals surface area contributed by atoms with Crippen molar-refractivity contribution in [1.82, 2.24) is 15.2 Å². The molecule has 5 aliphatic rings. The number of pyridine rings is 1. The van der Waals surface area contributed by atoms with E-state index in [1.54, 1.807) is 6.20 Å². The fourth-order valence-electron chi connectivity index (χ4n) is 6.48. The van der Waals surface area contributed by atoms with E-state index in [4.69, 9.17) is 4.74 Å². The zero-order valence-electron chi connectivity index (χ0n) is 20.0. The van der Waals surface area contributed by atoms with Gasteiger partial charge in [0.05, 0.1) is 17.1 Å². The number of aromatic nitrogens is 1. The van der Waals surface area contributed by atoms with Crippen LogP contribution in [-0.2, 0) is 6.54 Å². The fourth-order valence-corrected chi connectivity index (χ4v) is 6.48. The number of anilines is 2. The van der Waals surface area contributed by atoms with E-state index in [-0.39, 0.29) is 0 Å². The van der Waals surface area contributed by atoms with Gasteiger partial charge in [-0.2, -0.15) is 5.26 Å². The van der Waals surface area contributed by atoms with E-state index in [0.717, 1.165) is 55.1 Å². The summed E-state index contributed by atoms with van der Waals surface area (Å²) < 4.78 is 6.48. The van der Waals surface area contributed by atoms with Crippen molar-refractivity contribution in [2.75, 3.05) is 42.6 Å². The molecule has 178 valence electrons. The van der Waals surface area contributed by atoms with Gasteiger partial charge in [-0.1, -0.05) is 6.07 Å². The zero-order valence-corrected chi connectivity index (χ0v) is 20.0. The third-order valence-electron chi connectivity index (χ3n) is 8.28. The van der Waals surface area contributed by atoms with Crippen molar-refractivity contribution in [3.63, 3.8) is 0 Å². The molecule has 8 rings (SSSR count). The smallest absolute Gasteiger partial charge is 0.125 e. The molecule has 2 unspecified atom stereocenters. The number of ether oxygens (including phenoxy) is 1. The third-order valence-corrected chi connectivity index (χ3v) is 8.28. The maximum atomic E-state index is 9.54. The molecule has 35 heavy (non-hydrogen) atoms. The average molecular weight is 467 g/mol. The lowest BCUT2D eigenvalue weighted by Gasteiger charge is -2.49. The second-order valence-corrected chi connectivity index (χ2v) is 10.5. The highest BCUT2D eigenvalue weighted by atomic mass is 16.5. The summed E-state index contributed by atoms with van der Waals surface area (Å²) in [5.74, 6) is 1.04. The summed E-state index contributed by atoms with van der Waals surface area (Å²) in [7, 11) is 0. The predicted molar refractivity (Wildman–Crippen MR) is 137 cm³/mol. The molecule has 0 amide bonds. The van der Waals surface area contributed by atoms with Crippen LogP contribution in [0.5, 0.6) is 5.75 Å². The minimum absolute atomic E-state index is 0.295. The molecule has 0 radical (unpaired) electrons. The van der Waals surface area contributed by atoms with E-state index in [9.17, 15) is 5.26 Å². The fraction of sp³-hybridized carbons (Fsp3) is 0.429. The first-order valence-corrected chi connectivity index (χ1v) is 12.7. The Kier molecular flexibility index (Phi) is 4.86. The normalized spacial score (nSPS) is 27.8. The largest absolute Gasteiger partial charge is 0.491 e. The molecule has 0 spiro atoms. The molecule has 5 aliphatic heterocycles. The average Bonchev–Trinajstić information content (AvgIpc) is 3.07. The SMILES string of the molecule is C[C@@H]1CN(c2ccc(C#N)c3ncccc23)C[C@@H]2COc3cc(N4CC5CC(C4)N5)ccc3CN21. The highest BCUT2D eigenvalue weighted by Crippen LogP contribution is 2.36. The Morgan fingerprint density at radius 1 is 1.06 bits per heavy atom. The van der Waals surface area contributed by atoms with Crippen LogP contribution in [0.2, 0.25) is 0 Å². The second kappa shape index (κ2) is 8.11. The van der Waals surface area contributed by atoms with Crippen LogP contribution in [-0.4, -0.2) is 66.8 Å². The van der Waals surface area contributed by atoms with Crippen LogP contribution in [0, 0.1) is 11.3 Å². The summed E-state index contributed by atoms with van der Waals surface area (Å²) in [6.07, 6.45) is 3.08. The molecule has 7 heteroatoms. The molecule has 0 aliphatic carbocycles. The quantitative estimate of drug-likeness (QED) is 0.622. The highest BCUT2D eigenvalue weighted by molar-refractivity contribution is 5.95. The maximum absolute atomic E-state index is 9.54. The summed E-state index contributed by atoms with van der Waals surface area (Å²) in [5.41, 5.74) is 5.13. The van der Waals surface area contributed by atoms with Gasteiger partial charge >= 0.3 is 0 Å². The van der Waals surface area contributed by atoms with Gasteiger partial charge in [0.2, 0.25) is 0 Å². The van der Waals surface area contributed by atoms with Crippen molar-refractivity contribution in [2.45, 2.75) is 44.1 Å². The van der Waals surface area contributed by atoms with Gasteiger partial charge in [0, 0.05) is 85.4 Å². The molecule has 4 fully saturated rings. The number of fused-ring (bicyclic) bond motifs is 5. The number of hydrogen-bond donors (Lipinski definition) is 1. The maximum Gasteiger partial charge on any atom is 0.125 e. The number of rotatable bonds is 2. The number of nitriles is 1. The van der Waals surface area contributed by atoms with Gasteiger partial charge in [0.15, 0.2) is 0 Å². The van der Waals surface area contributed by atoms with Crippen molar-refractivity contribution in [1.29, 1.82) is 5.26 Å². The topological polar surface area (TPSA) is 67.7 Å². The summed E-state index contributed by atoms with van der Waals surface area (Å²) in [6, 6.07) is 19.1. The second-order valence-electron chi connectivity index (χ2n) is 10.5. The molecule has 1 aromatic heterocycles. The van der Waals surface area contributed by atoms with Crippen molar-refractivity contribution in [3.05, 3.63) is 59.8 Å². The van der Waals surface area contributed by atoms with Gasteiger partial charge in [-0.05, 0) is 43.7 Å². The first-order valence-electron chi connectivity index (χ1n) is 12.7. The molecule has 6 heterocycles. The molecule has 1 N–H and O–H groups in total. The summed E-state index contributed by atoms with van der Waals surface area (Å²) in [4.78, 5) is 12.1. The predicted octanol–water partition coefficient (Wildman–Crippen LogP) is 3.13. The van der Waals surface area contributed by atoms with Crippen LogP contribution in [0.25, 0.3) is 10.9 Å². The third kappa shape index (κ3) is 3.51. The summed E-state index contributed by atoms with van der Waals surface area (Å²) in [5, 5.41) is 14.2. The van der Waals surface area contributed by atoms with Crippen LogP contribution < -0.4 is 19.9 Å². The van der Waals surface area contributed by atoms with Crippen molar-refractivity contribution >= 4 is 22.3 Å². The Balaban J connectivity index is 1.14. The number of piperazine rings is 2. The van der Waals surface area contributed by atoms with Crippen molar-refractivity contribution in [2.24, 2.45) is 0 Å². The first-order chi connectivity index (χ1) is 17.2. The monoisotopic (exact) mass is 466 g/mol. The lowest BCUT2D eigenvalue weighted by Crippen LogP contribution is -2.67. The van der Waals surface area contributed by atoms with Crippen LogP contribution in [0.3, 0.4) is 0 Å². The van der Waals surface area contributed by atoms with Crippen LogP contribution in [0.1, 0.15) is 24.5 Å². The van der Waals surface area contributed by atoms with Gasteiger partial charge in [-0.3, -0.25) is 9.88 Å². The highest BCUT2D eigenvalue weighted by Gasteiger charge is 2.38. The molecule has 2 bridgehead atoms. The Bertz CT molecular complexity index is 1320. The summed E-state index contributed by atoms with van der Waals surface area (Å²) >= 11 is 0. The number of hydrogen-bond acceptors (Lipinski definition) is 7. The van der Waals surface area contributed by atoms with Crippen LogP contribution >= 0.6 is 0 Å². The lowest BCUT2D eigenvalue weighted by atomic mass is 9.91. The van der Waals surface area contributed by atoms with Crippen molar-refractivity contribution in [3.8, 4) is 11.8 Å². The molecular formula is C28H30N6O. The Hall–Kier alpha value is -3.34. The number of benzene rings is 2. The van der Waals surface area contributed by atoms with Crippen LogP contribution in [0.4, 0.5) is 11.4 Å². The minimum atomic E-state index is 0.295. The Morgan fingerprint density at radius 3 is 2.74 bits per heavy atom. The van der Waals surface area contributed by atoms with Gasteiger partial charge in [0.25, 0.3) is 0 Å². The Morgan fingerprint density at radius 2 is 1.91 bits per heavy atom. The minimum Gasteiger partial charge on any atom is -0.491 e.